The Morgan fingerprint density at radius 2 is 1.75 bits per heavy atom. The van der Waals surface area contributed by atoms with E-state index in [0.717, 1.165) is 5.56 Å². The van der Waals surface area contributed by atoms with Crippen LogP contribution in [0.5, 0.6) is 5.75 Å². The summed E-state index contributed by atoms with van der Waals surface area (Å²) in [5.41, 5.74) is 8.38. The maximum atomic E-state index is 10.8. The van der Waals surface area contributed by atoms with Crippen LogP contribution in [0.1, 0.15) is 22.7 Å². The third-order valence-electron chi connectivity index (χ3n) is 3.03. The number of aryl methyl sites for hydroxylation is 1. The molecule has 20 heavy (non-hydrogen) atoms. The lowest BCUT2D eigenvalue weighted by Crippen LogP contribution is -2.20. The Hall–Kier alpha value is -2.33. The van der Waals surface area contributed by atoms with Crippen molar-refractivity contribution in [2.75, 3.05) is 0 Å². The van der Waals surface area contributed by atoms with Crippen LogP contribution < -0.4 is 10.5 Å². The lowest BCUT2D eigenvalue weighted by molar-refractivity contribution is -0.138. The second-order valence-electron chi connectivity index (χ2n) is 4.66. The van der Waals surface area contributed by atoms with Crippen molar-refractivity contribution < 1.29 is 14.6 Å². The van der Waals surface area contributed by atoms with Gasteiger partial charge in [-0.05, 0) is 30.2 Å². The van der Waals surface area contributed by atoms with E-state index in [1.54, 1.807) is 24.3 Å². The summed E-state index contributed by atoms with van der Waals surface area (Å²) in [6.07, 6.45) is 0. The fourth-order valence-electron chi connectivity index (χ4n) is 1.76. The van der Waals surface area contributed by atoms with Gasteiger partial charge in [-0.2, -0.15) is 0 Å². The summed E-state index contributed by atoms with van der Waals surface area (Å²) in [5.74, 6) is -0.356. The number of benzene rings is 2. The van der Waals surface area contributed by atoms with Crippen LogP contribution in [0.15, 0.2) is 48.5 Å². The number of hydrogen-bond donors (Lipinski definition) is 2. The standard InChI is InChI=1S/C16H17NO3/c1-11-2-4-12(5-3-11)10-20-14-8-6-13(7-9-14)15(17)16(18)19/h2-9,15H,10,17H2,1H3,(H,18,19). The zero-order valence-electron chi connectivity index (χ0n) is 11.2. The minimum atomic E-state index is -1.04. The van der Waals surface area contributed by atoms with Gasteiger partial charge in [0.1, 0.15) is 18.4 Å². The highest BCUT2D eigenvalue weighted by atomic mass is 16.5. The van der Waals surface area contributed by atoms with Gasteiger partial charge in [0, 0.05) is 0 Å². The van der Waals surface area contributed by atoms with Crippen LogP contribution in [0, 0.1) is 6.92 Å². The minimum absolute atomic E-state index is 0.477. The Morgan fingerprint density at radius 1 is 1.15 bits per heavy atom. The van der Waals surface area contributed by atoms with Crippen LogP contribution in [0.25, 0.3) is 0 Å². The molecule has 3 N–H and O–H groups in total. The summed E-state index contributed by atoms with van der Waals surface area (Å²) in [6, 6.07) is 13.9. The van der Waals surface area contributed by atoms with Crippen molar-refractivity contribution in [1.29, 1.82) is 0 Å². The van der Waals surface area contributed by atoms with E-state index in [-0.39, 0.29) is 0 Å². The summed E-state index contributed by atoms with van der Waals surface area (Å²) in [4.78, 5) is 10.8. The first kappa shape index (κ1) is 14.1. The molecule has 104 valence electrons. The zero-order valence-corrected chi connectivity index (χ0v) is 11.2. The number of carbonyl (C=O) groups is 1. The summed E-state index contributed by atoms with van der Waals surface area (Å²) >= 11 is 0. The van der Waals surface area contributed by atoms with Crippen molar-refractivity contribution in [2.24, 2.45) is 5.73 Å². The van der Waals surface area contributed by atoms with Gasteiger partial charge in [0.05, 0.1) is 0 Å². The molecule has 0 aliphatic heterocycles. The van der Waals surface area contributed by atoms with Crippen LogP contribution >= 0.6 is 0 Å². The van der Waals surface area contributed by atoms with Crippen LogP contribution in [0.3, 0.4) is 0 Å². The molecular weight excluding hydrogens is 254 g/mol. The molecule has 2 aromatic carbocycles. The lowest BCUT2D eigenvalue weighted by atomic mass is 10.1. The Bertz CT molecular complexity index is 576. The number of nitrogens with two attached hydrogens (primary N) is 1. The molecule has 0 aromatic heterocycles. The summed E-state index contributed by atoms with van der Waals surface area (Å²) in [6.45, 7) is 2.51. The van der Waals surface area contributed by atoms with Crippen molar-refractivity contribution in [3.05, 3.63) is 65.2 Å². The van der Waals surface area contributed by atoms with Gasteiger partial charge >= 0.3 is 5.97 Å². The predicted octanol–water partition coefficient (Wildman–Crippen LogP) is 2.66. The molecule has 2 aromatic rings. The van der Waals surface area contributed by atoms with E-state index >= 15 is 0 Å². The minimum Gasteiger partial charge on any atom is -0.489 e. The topological polar surface area (TPSA) is 72.5 Å². The molecule has 0 bridgehead atoms. The molecule has 0 aliphatic carbocycles. The first-order valence-electron chi connectivity index (χ1n) is 6.33. The van der Waals surface area contributed by atoms with Crippen molar-refractivity contribution in [3.8, 4) is 5.75 Å². The highest BCUT2D eigenvalue weighted by molar-refractivity contribution is 5.75. The first-order valence-corrected chi connectivity index (χ1v) is 6.33. The second kappa shape index (κ2) is 6.21. The van der Waals surface area contributed by atoms with Crippen LogP contribution in [0.4, 0.5) is 0 Å². The molecule has 1 unspecified atom stereocenters. The number of carboxylic acids is 1. The summed E-state index contributed by atoms with van der Waals surface area (Å²) in [5, 5.41) is 8.82. The Balaban J connectivity index is 1.97. The molecule has 0 fully saturated rings. The van der Waals surface area contributed by atoms with E-state index in [4.69, 9.17) is 15.6 Å². The number of ether oxygens (including phenoxy) is 1. The monoisotopic (exact) mass is 271 g/mol. The Morgan fingerprint density at radius 3 is 2.30 bits per heavy atom. The molecule has 2 rings (SSSR count). The molecule has 0 radical (unpaired) electrons. The maximum Gasteiger partial charge on any atom is 0.325 e. The molecule has 0 amide bonds. The molecule has 1 atom stereocenters. The molecule has 0 heterocycles. The third kappa shape index (κ3) is 3.59. The van der Waals surface area contributed by atoms with Crippen molar-refractivity contribution in [1.82, 2.24) is 0 Å². The quantitative estimate of drug-likeness (QED) is 0.877. The van der Waals surface area contributed by atoms with E-state index in [1.165, 1.54) is 5.56 Å². The molecule has 4 heteroatoms. The van der Waals surface area contributed by atoms with Gasteiger partial charge < -0.3 is 15.6 Å². The highest BCUT2D eigenvalue weighted by Crippen LogP contribution is 2.18. The fourth-order valence-corrected chi connectivity index (χ4v) is 1.76. The Labute approximate surface area is 117 Å². The average Bonchev–Trinajstić information content (AvgIpc) is 2.46. The molecule has 0 saturated heterocycles. The van der Waals surface area contributed by atoms with Gasteiger partial charge in [-0.1, -0.05) is 42.0 Å². The molecule has 0 spiro atoms. The Kier molecular flexibility index (Phi) is 4.38. The molecule has 0 saturated carbocycles. The number of aliphatic carboxylic acids is 1. The number of rotatable bonds is 5. The van der Waals surface area contributed by atoms with Crippen LogP contribution in [-0.4, -0.2) is 11.1 Å². The van der Waals surface area contributed by atoms with Gasteiger partial charge in [0.2, 0.25) is 0 Å². The van der Waals surface area contributed by atoms with E-state index in [1.807, 2.05) is 31.2 Å². The second-order valence-corrected chi connectivity index (χ2v) is 4.66. The smallest absolute Gasteiger partial charge is 0.325 e. The van der Waals surface area contributed by atoms with Gasteiger partial charge in [0.25, 0.3) is 0 Å². The van der Waals surface area contributed by atoms with E-state index in [0.29, 0.717) is 17.9 Å². The van der Waals surface area contributed by atoms with E-state index < -0.39 is 12.0 Å². The van der Waals surface area contributed by atoms with Crippen LogP contribution in [0.2, 0.25) is 0 Å². The first-order chi connectivity index (χ1) is 9.56. The molecular formula is C16H17NO3. The van der Waals surface area contributed by atoms with Gasteiger partial charge in [-0.3, -0.25) is 4.79 Å². The van der Waals surface area contributed by atoms with Crippen molar-refractivity contribution in [2.45, 2.75) is 19.6 Å². The predicted molar refractivity (Wildman–Crippen MR) is 76.5 cm³/mol. The molecule has 4 nitrogen and oxygen atoms in total. The van der Waals surface area contributed by atoms with E-state index in [2.05, 4.69) is 0 Å². The normalized spacial score (nSPS) is 11.9. The van der Waals surface area contributed by atoms with Crippen LogP contribution in [-0.2, 0) is 11.4 Å². The summed E-state index contributed by atoms with van der Waals surface area (Å²) < 4.78 is 5.64. The van der Waals surface area contributed by atoms with E-state index in [9.17, 15) is 4.79 Å². The number of hydrogen-bond acceptors (Lipinski definition) is 3. The third-order valence-corrected chi connectivity index (χ3v) is 3.03. The average molecular weight is 271 g/mol. The summed E-state index contributed by atoms with van der Waals surface area (Å²) in [7, 11) is 0. The van der Waals surface area contributed by atoms with Gasteiger partial charge in [-0.25, -0.2) is 0 Å². The maximum absolute atomic E-state index is 10.8. The number of carboxylic acid groups (broad SMARTS) is 1. The fraction of sp³-hybridized carbons (Fsp3) is 0.188. The molecule has 0 aliphatic rings. The van der Waals surface area contributed by atoms with Gasteiger partial charge in [-0.15, -0.1) is 0 Å². The van der Waals surface area contributed by atoms with Crippen molar-refractivity contribution >= 4 is 5.97 Å². The van der Waals surface area contributed by atoms with Gasteiger partial charge in [0.15, 0.2) is 0 Å². The zero-order chi connectivity index (χ0) is 14.5. The lowest BCUT2D eigenvalue weighted by Gasteiger charge is -2.09. The SMILES string of the molecule is Cc1ccc(COc2ccc(C(N)C(=O)O)cc2)cc1. The van der Waals surface area contributed by atoms with Crippen molar-refractivity contribution in [3.63, 3.8) is 0 Å². The highest BCUT2D eigenvalue weighted by Gasteiger charge is 2.13. The largest absolute Gasteiger partial charge is 0.489 e.